The van der Waals surface area contributed by atoms with Gasteiger partial charge in [0.05, 0.1) is 25.2 Å². The van der Waals surface area contributed by atoms with E-state index in [0.29, 0.717) is 0 Å². The first-order chi connectivity index (χ1) is 10.9. The highest BCUT2D eigenvalue weighted by Gasteiger charge is 2.41. The molecule has 0 aromatic carbocycles. The van der Waals surface area contributed by atoms with Gasteiger partial charge < -0.3 is 4.48 Å². The van der Waals surface area contributed by atoms with Gasteiger partial charge in [-0.2, -0.15) is 0 Å². The van der Waals surface area contributed by atoms with Crippen molar-refractivity contribution in [2.24, 2.45) is 11.8 Å². The van der Waals surface area contributed by atoms with Gasteiger partial charge in [-0.25, -0.2) is 0 Å². The molecular formula is C22H50N+. The Morgan fingerprint density at radius 2 is 1.35 bits per heavy atom. The molecule has 0 aliphatic rings. The molecule has 5 unspecified atom stereocenters. The maximum Gasteiger partial charge on any atom is 0.0915 e. The quantitative estimate of drug-likeness (QED) is 0.330. The van der Waals surface area contributed by atoms with E-state index >= 15 is 0 Å². The van der Waals surface area contributed by atoms with Gasteiger partial charge in [-0.15, -0.1) is 0 Å². The molecule has 0 N–H and O–H groups in total. The minimum Gasteiger partial charge on any atom is -0.319 e. The minimum absolute atomic E-state index is 0.801. The maximum atomic E-state index is 2.54. The summed E-state index contributed by atoms with van der Waals surface area (Å²) in [6.07, 6.45) is 8.07. The van der Waals surface area contributed by atoms with Gasteiger partial charge in [0.25, 0.3) is 0 Å². The number of rotatable bonds is 12. The molecular weight excluding hydrogens is 278 g/mol. The third-order valence-electron chi connectivity index (χ3n) is 6.21. The normalized spacial score (nSPS) is 19.0. The van der Waals surface area contributed by atoms with Crippen LogP contribution in [-0.2, 0) is 0 Å². The Balaban J connectivity index is 0. The van der Waals surface area contributed by atoms with Gasteiger partial charge in [0.2, 0.25) is 0 Å². The van der Waals surface area contributed by atoms with Crippen LogP contribution < -0.4 is 0 Å². The lowest BCUT2D eigenvalue weighted by molar-refractivity contribution is -0.974. The van der Waals surface area contributed by atoms with Crippen LogP contribution in [0.2, 0.25) is 0 Å². The van der Waals surface area contributed by atoms with Gasteiger partial charge in [-0.05, 0) is 39.0 Å². The van der Waals surface area contributed by atoms with Gasteiger partial charge in [-0.1, -0.05) is 68.2 Å². The molecule has 0 spiro atoms. The topological polar surface area (TPSA) is 0 Å². The lowest BCUT2D eigenvalue weighted by Gasteiger charge is -2.51. The van der Waals surface area contributed by atoms with E-state index in [9.17, 15) is 0 Å². The molecule has 1 nitrogen and oxygen atoms in total. The molecule has 142 valence electrons. The van der Waals surface area contributed by atoms with Crippen LogP contribution in [0.1, 0.15) is 108 Å². The summed E-state index contributed by atoms with van der Waals surface area (Å²) in [4.78, 5) is 0. The minimum atomic E-state index is 0.801. The first kappa shape index (κ1) is 25.2. The van der Waals surface area contributed by atoms with Crippen LogP contribution in [0.25, 0.3) is 0 Å². The zero-order chi connectivity index (χ0) is 18.5. The van der Waals surface area contributed by atoms with Gasteiger partial charge >= 0.3 is 0 Å². The summed E-state index contributed by atoms with van der Waals surface area (Å²) in [5.74, 6) is 1.70. The predicted molar refractivity (Wildman–Crippen MR) is 109 cm³/mol. The highest BCUT2D eigenvalue weighted by Crippen LogP contribution is 2.32. The SMILES string of the molecule is CC.CCCC[N+](CC)(C(C)CC(C)CC)C(CC)C(C)CC. The Bertz CT molecular complexity index is 250. The Morgan fingerprint density at radius 3 is 1.70 bits per heavy atom. The summed E-state index contributed by atoms with van der Waals surface area (Å²) in [6.45, 7) is 26.1. The van der Waals surface area contributed by atoms with E-state index < -0.39 is 0 Å². The van der Waals surface area contributed by atoms with Crippen molar-refractivity contribution in [1.29, 1.82) is 0 Å². The molecule has 0 bridgehead atoms. The van der Waals surface area contributed by atoms with E-state index in [4.69, 9.17) is 0 Å². The first-order valence-electron chi connectivity index (χ1n) is 10.8. The standard InChI is InChI=1S/C20H44N.C2H6/c1-9-14-15-21(13-5,19(8)16-17(6)10-2)20(12-4)18(7)11-3;1-2/h17-20H,9-16H2,1-8H3;1-2H3/q+1;. The Kier molecular flexibility index (Phi) is 15.7. The van der Waals surface area contributed by atoms with Crippen LogP contribution in [0.15, 0.2) is 0 Å². The largest absolute Gasteiger partial charge is 0.319 e. The van der Waals surface area contributed by atoms with E-state index in [1.54, 1.807) is 0 Å². The lowest BCUT2D eigenvalue weighted by Crippen LogP contribution is -2.63. The van der Waals surface area contributed by atoms with Gasteiger partial charge in [0, 0.05) is 12.3 Å². The molecule has 0 saturated carbocycles. The van der Waals surface area contributed by atoms with E-state index in [2.05, 4.69) is 55.4 Å². The molecule has 0 aliphatic carbocycles. The molecule has 1 heteroatoms. The summed E-state index contributed by atoms with van der Waals surface area (Å²) in [5.41, 5.74) is 0. The van der Waals surface area contributed by atoms with Crippen LogP contribution in [0, 0.1) is 11.8 Å². The van der Waals surface area contributed by atoms with Crippen LogP contribution in [0.4, 0.5) is 0 Å². The zero-order valence-corrected chi connectivity index (χ0v) is 18.4. The van der Waals surface area contributed by atoms with Crippen molar-refractivity contribution < 1.29 is 4.48 Å². The number of hydrogen-bond donors (Lipinski definition) is 0. The van der Waals surface area contributed by atoms with Gasteiger partial charge in [-0.3, -0.25) is 0 Å². The molecule has 0 rings (SSSR count). The van der Waals surface area contributed by atoms with E-state index in [0.717, 1.165) is 23.9 Å². The number of quaternary nitrogens is 1. The molecule has 0 aromatic heterocycles. The van der Waals surface area contributed by atoms with E-state index in [-0.39, 0.29) is 0 Å². The molecule has 0 heterocycles. The Morgan fingerprint density at radius 1 is 0.783 bits per heavy atom. The average molecular weight is 329 g/mol. The van der Waals surface area contributed by atoms with Crippen molar-refractivity contribution in [2.45, 2.75) is 120 Å². The third-order valence-corrected chi connectivity index (χ3v) is 6.21. The molecule has 23 heavy (non-hydrogen) atoms. The molecule has 0 fully saturated rings. The van der Waals surface area contributed by atoms with Crippen molar-refractivity contribution >= 4 is 0 Å². The molecule has 0 amide bonds. The molecule has 0 radical (unpaired) electrons. The van der Waals surface area contributed by atoms with Crippen LogP contribution in [-0.4, -0.2) is 29.7 Å². The molecule has 0 aromatic rings. The number of hydrogen-bond acceptors (Lipinski definition) is 0. The maximum absolute atomic E-state index is 2.54. The third kappa shape index (κ3) is 7.59. The van der Waals surface area contributed by atoms with Crippen LogP contribution >= 0.6 is 0 Å². The summed E-state index contributed by atoms with van der Waals surface area (Å²) < 4.78 is 1.36. The van der Waals surface area contributed by atoms with Gasteiger partial charge in [0.15, 0.2) is 0 Å². The second-order valence-electron chi connectivity index (χ2n) is 7.46. The lowest BCUT2D eigenvalue weighted by atomic mass is 9.88. The van der Waals surface area contributed by atoms with E-state index in [1.807, 2.05) is 13.8 Å². The molecule has 0 saturated heterocycles. The van der Waals surface area contributed by atoms with Crippen molar-refractivity contribution in [2.75, 3.05) is 13.1 Å². The summed E-state index contributed by atoms with van der Waals surface area (Å²) in [7, 11) is 0. The highest BCUT2D eigenvalue weighted by atomic mass is 15.4. The summed E-state index contributed by atoms with van der Waals surface area (Å²) in [5, 5.41) is 0. The molecule has 0 aliphatic heterocycles. The molecule has 5 atom stereocenters. The Hall–Kier alpha value is -0.0400. The second-order valence-corrected chi connectivity index (χ2v) is 7.46. The van der Waals surface area contributed by atoms with Crippen molar-refractivity contribution in [3.05, 3.63) is 0 Å². The van der Waals surface area contributed by atoms with Crippen molar-refractivity contribution in [1.82, 2.24) is 0 Å². The monoisotopic (exact) mass is 328 g/mol. The predicted octanol–water partition coefficient (Wildman–Crippen LogP) is 7.30. The highest BCUT2D eigenvalue weighted by molar-refractivity contribution is 4.71. The first-order valence-corrected chi connectivity index (χ1v) is 10.8. The fourth-order valence-electron chi connectivity index (χ4n) is 4.37. The fourth-order valence-corrected chi connectivity index (χ4v) is 4.37. The van der Waals surface area contributed by atoms with Crippen molar-refractivity contribution in [3.63, 3.8) is 0 Å². The van der Waals surface area contributed by atoms with Crippen LogP contribution in [0.5, 0.6) is 0 Å². The van der Waals surface area contributed by atoms with E-state index in [1.165, 1.54) is 56.1 Å². The zero-order valence-electron chi connectivity index (χ0n) is 18.4. The van der Waals surface area contributed by atoms with Crippen molar-refractivity contribution in [3.8, 4) is 0 Å². The fraction of sp³-hybridized carbons (Fsp3) is 1.00. The van der Waals surface area contributed by atoms with Crippen LogP contribution in [0.3, 0.4) is 0 Å². The average Bonchev–Trinajstić information content (AvgIpc) is 2.59. The smallest absolute Gasteiger partial charge is 0.0915 e. The Labute approximate surface area is 149 Å². The second kappa shape index (κ2) is 14.3. The summed E-state index contributed by atoms with van der Waals surface area (Å²) in [6, 6.07) is 1.64. The van der Waals surface area contributed by atoms with Gasteiger partial charge in [0.1, 0.15) is 0 Å². The number of unbranched alkanes of at least 4 members (excludes halogenated alkanes) is 1. The summed E-state index contributed by atoms with van der Waals surface area (Å²) >= 11 is 0. The number of nitrogens with zero attached hydrogens (tertiary/aromatic N) is 1.